The fraction of sp³-hybridized carbons (Fsp3) is 0.360. The van der Waals surface area contributed by atoms with Crippen LogP contribution < -0.4 is 25.0 Å². The lowest BCUT2D eigenvalue weighted by molar-refractivity contribution is 0.174. The number of nitriles is 1. The number of benzene rings is 2. The van der Waals surface area contributed by atoms with Gasteiger partial charge in [-0.1, -0.05) is 12.1 Å². The number of piperazine rings is 1. The zero-order valence-electron chi connectivity index (χ0n) is 19.0. The number of aromatic nitrogens is 1. The van der Waals surface area contributed by atoms with E-state index in [1.165, 1.54) is 0 Å². The Morgan fingerprint density at radius 1 is 1.12 bits per heavy atom. The van der Waals surface area contributed by atoms with Crippen LogP contribution >= 0.6 is 0 Å². The number of primary amides is 1. The fourth-order valence-corrected chi connectivity index (χ4v) is 4.66. The molecular weight excluding hydrogens is 432 g/mol. The number of nitrogens with two attached hydrogens (primary N) is 1. The zero-order chi connectivity index (χ0) is 23.5. The topological polar surface area (TPSA) is 111 Å². The number of para-hydroxylation sites is 1. The SMILES string of the molecule is N#Cc1ccc2cc(N(CCCCN3CCN(c4cccc5c4OCO5)CC3)C(N)=O)[nH]c2c1. The van der Waals surface area contributed by atoms with Crippen molar-refractivity contribution in [1.82, 2.24) is 9.88 Å². The predicted octanol–water partition coefficient (Wildman–Crippen LogP) is 3.26. The molecular formula is C25H28N6O3. The maximum Gasteiger partial charge on any atom is 0.320 e. The van der Waals surface area contributed by atoms with Gasteiger partial charge in [-0.25, -0.2) is 4.79 Å². The monoisotopic (exact) mass is 460 g/mol. The number of unbranched alkanes of at least 4 members (excludes halogenated alkanes) is 1. The lowest BCUT2D eigenvalue weighted by Gasteiger charge is -2.36. The molecule has 2 amide bonds. The van der Waals surface area contributed by atoms with E-state index in [4.69, 9.17) is 20.5 Å². The highest BCUT2D eigenvalue weighted by Gasteiger charge is 2.24. The molecule has 9 heteroatoms. The van der Waals surface area contributed by atoms with Gasteiger partial charge in [-0.3, -0.25) is 9.80 Å². The summed E-state index contributed by atoms with van der Waals surface area (Å²) in [6, 6.07) is 15.0. The first-order valence-electron chi connectivity index (χ1n) is 11.6. The van der Waals surface area contributed by atoms with Crippen molar-refractivity contribution in [1.29, 1.82) is 5.26 Å². The van der Waals surface area contributed by atoms with Gasteiger partial charge in [0.1, 0.15) is 5.82 Å². The third kappa shape index (κ3) is 4.45. The molecule has 2 aliphatic rings. The van der Waals surface area contributed by atoms with E-state index < -0.39 is 6.03 Å². The van der Waals surface area contributed by atoms with Gasteiger partial charge in [-0.2, -0.15) is 5.26 Å². The van der Waals surface area contributed by atoms with Crippen molar-refractivity contribution in [3.8, 4) is 17.6 Å². The lowest BCUT2D eigenvalue weighted by Crippen LogP contribution is -2.46. The molecule has 176 valence electrons. The van der Waals surface area contributed by atoms with Crippen LogP contribution in [0.3, 0.4) is 0 Å². The van der Waals surface area contributed by atoms with E-state index in [0.29, 0.717) is 17.9 Å². The molecule has 2 aromatic carbocycles. The van der Waals surface area contributed by atoms with Gasteiger partial charge in [-0.15, -0.1) is 0 Å². The molecule has 0 spiro atoms. The maximum atomic E-state index is 12.1. The molecule has 3 aromatic rings. The molecule has 1 aromatic heterocycles. The van der Waals surface area contributed by atoms with Crippen LogP contribution in [0, 0.1) is 11.3 Å². The average molecular weight is 461 g/mol. The standard InChI is InChI=1S/C25H28N6O3/c26-16-18-6-7-19-15-23(28-20(19)14-18)31(25(27)32)9-2-1-8-29-10-12-30(13-11-29)21-4-3-5-22-24(21)34-17-33-22/h3-7,14-15,28H,1-2,8-13,17H2,(H2,27,32). The average Bonchev–Trinajstić information content (AvgIpc) is 3.50. The van der Waals surface area contributed by atoms with Gasteiger partial charge in [-0.05, 0) is 49.7 Å². The smallest absolute Gasteiger partial charge is 0.320 e. The molecule has 5 rings (SSSR count). The van der Waals surface area contributed by atoms with Gasteiger partial charge < -0.3 is 25.1 Å². The molecule has 34 heavy (non-hydrogen) atoms. The summed E-state index contributed by atoms with van der Waals surface area (Å²) in [7, 11) is 0. The Kier molecular flexibility index (Phi) is 6.14. The quantitative estimate of drug-likeness (QED) is 0.524. The highest BCUT2D eigenvalue weighted by molar-refractivity contribution is 5.94. The minimum atomic E-state index is -0.484. The number of fused-ring (bicyclic) bond motifs is 2. The number of anilines is 2. The number of rotatable bonds is 7. The number of nitrogens with one attached hydrogen (secondary N) is 1. The molecule has 0 bridgehead atoms. The molecule has 0 unspecified atom stereocenters. The Labute approximate surface area is 198 Å². The Balaban J connectivity index is 1.11. The van der Waals surface area contributed by atoms with E-state index in [0.717, 1.165) is 73.7 Å². The number of carbonyl (C=O) groups is 1. The summed E-state index contributed by atoms with van der Waals surface area (Å²) in [4.78, 5) is 21.7. The Morgan fingerprint density at radius 2 is 1.97 bits per heavy atom. The second kappa shape index (κ2) is 9.53. The number of urea groups is 1. The number of hydrogen-bond donors (Lipinski definition) is 2. The van der Waals surface area contributed by atoms with Crippen molar-refractivity contribution in [2.75, 3.05) is 55.9 Å². The summed E-state index contributed by atoms with van der Waals surface area (Å²) in [6.45, 7) is 5.64. The highest BCUT2D eigenvalue weighted by Crippen LogP contribution is 2.41. The van der Waals surface area contributed by atoms with Crippen molar-refractivity contribution in [2.45, 2.75) is 12.8 Å². The number of carbonyl (C=O) groups excluding carboxylic acids is 1. The maximum absolute atomic E-state index is 12.1. The molecule has 3 heterocycles. The molecule has 0 radical (unpaired) electrons. The first-order chi connectivity index (χ1) is 16.6. The van der Waals surface area contributed by atoms with Crippen LogP contribution in [0.2, 0.25) is 0 Å². The summed E-state index contributed by atoms with van der Waals surface area (Å²) in [6.07, 6.45) is 1.82. The highest BCUT2D eigenvalue weighted by atomic mass is 16.7. The summed E-state index contributed by atoms with van der Waals surface area (Å²) in [5, 5.41) is 10.0. The third-order valence-corrected chi connectivity index (χ3v) is 6.49. The van der Waals surface area contributed by atoms with E-state index >= 15 is 0 Å². The second-order valence-electron chi connectivity index (χ2n) is 8.61. The van der Waals surface area contributed by atoms with E-state index in [-0.39, 0.29) is 6.79 Å². The van der Waals surface area contributed by atoms with Crippen LogP contribution in [-0.2, 0) is 0 Å². The third-order valence-electron chi connectivity index (χ3n) is 6.49. The van der Waals surface area contributed by atoms with E-state index in [1.54, 1.807) is 17.0 Å². The van der Waals surface area contributed by atoms with Gasteiger partial charge in [0, 0.05) is 43.6 Å². The number of amides is 2. The van der Waals surface area contributed by atoms with Crippen molar-refractivity contribution in [3.63, 3.8) is 0 Å². The minimum absolute atomic E-state index is 0.286. The Morgan fingerprint density at radius 3 is 2.76 bits per heavy atom. The van der Waals surface area contributed by atoms with Gasteiger partial charge in [0.2, 0.25) is 6.79 Å². The summed E-state index contributed by atoms with van der Waals surface area (Å²) >= 11 is 0. The van der Waals surface area contributed by atoms with Crippen molar-refractivity contribution in [2.24, 2.45) is 5.73 Å². The molecule has 0 saturated carbocycles. The molecule has 1 saturated heterocycles. The predicted molar refractivity (Wildman–Crippen MR) is 130 cm³/mol. The van der Waals surface area contributed by atoms with Crippen LogP contribution in [0.1, 0.15) is 18.4 Å². The second-order valence-corrected chi connectivity index (χ2v) is 8.61. The molecule has 0 aliphatic carbocycles. The molecule has 1 fully saturated rings. The fourth-order valence-electron chi connectivity index (χ4n) is 4.66. The number of H-pyrrole nitrogens is 1. The number of ether oxygens (including phenoxy) is 2. The summed E-state index contributed by atoms with van der Waals surface area (Å²) in [5.74, 6) is 2.33. The van der Waals surface area contributed by atoms with Crippen molar-refractivity contribution < 1.29 is 14.3 Å². The van der Waals surface area contributed by atoms with Gasteiger partial charge in [0.05, 0.1) is 17.3 Å². The lowest BCUT2D eigenvalue weighted by atomic mass is 10.2. The van der Waals surface area contributed by atoms with E-state index in [2.05, 4.69) is 26.9 Å². The van der Waals surface area contributed by atoms with Crippen molar-refractivity contribution >= 4 is 28.4 Å². The van der Waals surface area contributed by atoms with E-state index in [9.17, 15) is 4.79 Å². The largest absolute Gasteiger partial charge is 0.454 e. The van der Waals surface area contributed by atoms with E-state index in [1.807, 2.05) is 24.3 Å². The number of aromatic amines is 1. The van der Waals surface area contributed by atoms with Crippen LogP contribution in [0.5, 0.6) is 11.5 Å². The number of nitrogens with zero attached hydrogens (tertiary/aromatic N) is 4. The van der Waals surface area contributed by atoms with Gasteiger partial charge >= 0.3 is 6.03 Å². The summed E-state index contributed by atoms with van der Waals surface area (Å²) < 4.78 is 11.2. The van der Waals surface area contributed by atoms with Gasteiger partial charge in [0.15, 0.2) is 11.5 Å². The Bertz CT molecular complexity index is 1230. The van der Waals surface area contributed by atoms with Crippen LogP contribution in [0.15, 0.2) is 42.5 Å². The van der Waals surface area contributed by atoms with Gasteiger partial charge in [0.25, 0.3) is 0 Å². The molecule has 9 nitrogen and oxygen atoms in total. The van der Waals surface area contributed by atoms with Crippen LogP contribution in [0.25, 0.3) is 10.9 Å². The minimum Gasteiger partial charge on any atom is -0.454 e. The van der Waals surface area contributed by atoms with Crippen LogP contribution in [-0.4, -0.2) is 62.0 Å². The molecule has 0 atom stereocenters. The van der Waals surface area contributed by atoms with Crippen molar-refractivity contribution in [3.05, 3.63) is 48.0 Å². The molecule has 2 aliphatic heterocycles. The first kappa shape index (κ1) is 21.9. The molecule has 3 N–H and O–H groups in total. The zero-order valence-corrected chi connectivity index (χ0v) is 19.0. The Hall–Kier alpha value is -3.90. The van der Waals surface area contributed by atoms with Crippen LogP contribution in [0.4, 0.5) is 16.3 Å². The summed E-state index contributed by atoms with van der Waals surface area (Å²) in [5.41, 5.74) is 8.16. The first-order valence-corrected chi connectivity index (χ1v) is 11.6. The number of hydrogen-bond acceptors (Lipinski definition) is 6. The normalized spacial score (nSPS) is 15.4.